The first kappa shape index (κ1) is 17.7. The van der Waals surface area contributed by atoms with E-state index in [0.29, 0.717) is 23.8 Å². The number of aromatic nitrogens is 4. The molecule has 8 heteroatoms. The van der Waals surface area contributed by atoms with Gasteiger partial charge in [0.1, 0.15) is 11.8 Å². The lowest BCUT2D eigenvalue weighted by Crippen LogP contribution is -2.31. The Kier molecular flexibility index (Phi) is 4.76. The van der Waals surface area contributed by atoms with Crippen molar-refractivity contribution in [3.8, 4) is 5.75 Å². The van der Waals surface area contributed by atoms with Crippen molar-refractivity contribution in [2.45, 2.75) is 19.9 Å². The molecular formula is C20H20N6O2. The lowest BCUT2D eigenvalue weighted by atomic mass is 9.95. The van der Waals surface area contributed by atoms with Gasteiger partial charge < -0.3 is 15.4 Å². The Morgan fingerprint density at radius 3 is 2.82 bits per heavy atom. The van der Waals surface area contributed by atoms with E-state index in [9.17, 15) is 4.79 Å². The number of para-hydroxylation sites is 1. The second kappa shape index (κ2) is 7.51. The zero-order chi connectivity index (χ0) is 19.5. The Morgan fingerprint density at radius 2 is 2.04 bits per heavy atom. The number of carbonyl (C=O) groups excluding carboxylic acids is 1. The predicted octanol–water partition coefficient (Wildman–Crippen LogP) is 3.00. The quantitative estimate of drug-likeness (QED) is 0.711. The highest BCUT2D eigenvalue weighted by Gasteiger charge is 2.34. The first-order valence-electron chi connectivity index (χ1n) is 9.02. The second-order valence-corrected chi connectivity index (χ2v) is 6.34. The van der Waals surface area contributed by atoms with Crippen molar-refractivity contribution in [2.75, 3.05) is 17.2 Å². The maximum absolute atomic E-state index is 13.2. The standard InChI is InChI=1S/C20H20N6O2/c1-3-28-16-11-7-8-14(12-16)18-17(13(2)21-20-23-24-25-26(18)20)19(27)22-15-9-5-4-6-10-15/h4-12,18H,3H2,1-2H3,(H,22,27)(H,21,23,25). The van der Waals surface area contributed by atoms with Crippen LogP contribution in [0.25, 0.3) is 0 Å². The number of hydrogen-bond donors (Lipinski definition) is 2. The Morgan fingerprint density at radius 1 is 1.21 bits per heavy atom. The first-order valence-corrected chi connectivity index (χ1v) is 9.02. The molecule has 1 aliphatic rings. The molecule has 142 valence electrons. The largest absolute Gasteiger partial charge is 0.494 e. The molecule has 1 unspecified atom stereocenters. The summed E-state index contributed by atoms with van der Waals surface area (Å²) in [4.78, 5) is 13.2. The fourth-order valence-electron chi connectivity index (χ4n) is 3.28. The SMILES string of the molecule is CCOc1cccc(C2C(C(=O)Nc3ccccc3)=C(C)Nc3nnnn32)c1. The lowest BCUT2D eigenvalue weighted by Gasteiger charge is -2.28. The molecule has 0 aliphatic carbocycles. The van der Waals surface area contributed by atoms with Crippen LogP contribution in [-0.2, 0) is 4.79 Å². The van der Waals surface area contributed by atoms with Gasteiger partial charge in [-0.15, -0.1) is 0 Å². The van der Waals surface area contributed by atoms with Crippen LogP contribution in [0.15, 0.2) is 65.9 Å². The van der Waals surface area contributed by atoms with Gasteiger partial charge in [0, 0.05) is 11.4 Å². The normalized spacial score (nSPS) is 15.6. The van der Waals surface area contributed by atoms with E-state index in [1.807, 2.05) is 68.4 Å². The van der Waals surface area contributed by atoms with E-state index in [1.165, 1.54) is 0 Å². The molecule has 0 bridgehead atoms. The number of carbonyl (C=O) groups is 1. The molecule has 0 saturated carbocycles. The van der Waals surface area contributed by atoms with Gasteiger partial charge in [-0.2, -0.15) is 4.68 Å². The summed E-state index contributed by atoms with van der Waals surface area (Å²) in [5.41, 5.74) is 2.82. The summed E-state index contributed by atoms with van der Waals surface area (Å²) in [7, 11) is 0. The third-order valence-corrected chi connectivity index (χ3v) is 4.48. The Labute approximate surface area is 162 Å². The summed E-state index contributed by atoms with van der Waals surface area (Å²) in [6.07, 6.45) is 0. The van der Waals surface area contributed by atoms with Gasteiger partial charge in [-0.1, -0.05) is 35.4 Å². The first-order chi connectivity index (χ1) is 13.7. The number of hydrogen-bond acceptors (Lipinski definition) is 6. The number of allylic oxidation sites excluding steroid dienone is 1. The average molecular weight is 376 g/mol. The summed E-state index contributed by atoms with van der Waals surface area (Å²) < 4.78 is 7.24. The molecule has 0 spiro atoms. The molecule has 1 aliphatic heterocycles. The van der Waals surface area contributed by atoms with Crippen LogP contribution in [0.3, 0.4) is 0 Å². The minimum Gasteiger partial charge on any atom is -0.494 e. The molecule has 1 atom stereocenters. The van der Waals surface area contributed by atoms with Crippen molar-refractivity contribution in [3.63, 3.8) is 0 Å². The summed E-state index contributed by atoms with van der Waals surface area (Å²) in [6.45, 7) is 4.33. The van der Waals surface area contributed by atoms with Crippen LogP contribution >= 0.6 is 0 Å². The molecule has 0 fully saturated rings. The number of tetrazole rings is 1. The molecule has 0 radical (unpaired) electrons. The van der Waals surface area contributed by atoms with Crippen molar-refractivity contribution in [2.24, 2.45) is 0 Å². The third kappa shape index (κ3) is 3.32. The monoisotopic (exact) mass is 376 g/mol. The van der Waals surface area contributed by atoms with E-state index in [2.05, 4.69) is 26.2 Å². The summed E-state index contributed by atoms with van der Waals surface area (Å²) in [6, 6.07) is 16.5. The molecule has 2 aromatic carbocycles. The number of nitrogens with one attached hydrogen (secondary N) is 2. The van der Waals surface area contributed by atoms with Crippen LogP contribution < -0.4 is 15.4 Å². The summed E-state index contributed by atoms with van der Waals surface area (Å²) in [5, 5.41) is 17.9. The number of fused-ring (bicyclic) bond motifs is 1. The van der Waals surface area contributed by atoms with E-state index in [-0.39, 0.29) is 5.91 Å². The van der Waals surface area contributed by atoms with Crippen molar-refractivity contribution >= 4 is 17.5 Å². The fraction of sp³-hybridized carbons (Fsp3) is 0.200. The average Bonchev–Trinajstić information content (AvgIpc) is 3.16. The molecule has 3 aromatic rings. The molecule has 28 heavy (non-hydrogen) atoms. The van der Waals surface area contributed by atoms with E-state index in [4.69, 9.17) is 4.74 Å². The zero-order valence-electron chi connectivity index (χ0n) is 15.6. The van der Waals surface area contributed by atoms with Gasteiger partial charge >= 0.3 is 0 Å². The third-order valence-electron chi connectivity index (χ3n) is 4.48. The smallest absolute Gasteiger partial charge is 0.255 e. The van der Waals surface area contributed by atoms with Gasteiger partial charge in [-0.05, 0) is 54.1 Å². The van der Waals surface area contributed by atoms with Crippen LogP contribution in [0.4, 0.5) is 11.6 Å². The van der Waals surface area contributed by atoms with Gasteiger partial charge in [-0.3, -0.25) is 4.79 Å². The van der Waals surface area contributed by atoms with Gasteiger partial charge in [0.2, 0.25) is 5.95 Å². The van der Waals surface area contributed by atoms with Crippen LogP contribution in [0, 0.1) is 0 Å². The molecule has 2 N–H and O–H groups in total. The lowest BCUT2D eigenvalue weighted by molar-refractivity contribution is -0.113. The maximum Gasteiger partial charge on any atom is 0.255 e. The predicted molar refractivity (Wildman–Crippen MR) is 105 cm³/mol. The number of anilines is 2. The molecular weight excluding hydrogens is 356 g/mol. The Hall–Kier alpha value is -3.68. The van der Waals surface area contributed by atoms with Gasteiger partial charge in [0.15, 0.2) is 0 Å². The Bertz CT molecular complexity index is 1030. The van der Waals surface area contributed by atoms with Crippen molar-refractivity contribution in [1.82, 2.24) is 20.2 Å². The molecule has 2 heterocycles. The minimum atomic E-state index is -0.477. The van der Waals surface area contributed by atoms with Gasteiger partial charge in [0.05, 0.1) is 12.2 Å². The van der Waals surface area contributed by atoms with Crippen molar-refractivity contribution in [3.05, 3.63) is 71.4 Å². The molecule has 8 nitrogen and oxygen atoms in total. The van der Waals surface area contributed by atoms with Crippen LogP contribution in [0.1, 0.15) is 25.5 Å². The van der Waals surface area contributed by atoms with Crippen LogP contribution in [0.2, 0.25) is 0 Å². The van der Waals surface area contributed by atoms with Crippen molar-refractivity contribution in [1.29, 1.82) is 0 Å². The minimum absolute atomic E-state index is 0.218. The van der Waals surface area contributed by atoms with E-state index in [0.717, 1.165) is 17.0 Å². The highest BCUT2D eigenvalue weighted by Crippen LogP contribution is 2.36. The molecule has 0 saturated heterocycles. The number of nitrogens with zero attached hydrogens (tertiary/aromatic N) is 4. The Balaban J connectivity index is 1.76. The molecule has 4 rings (SSSR count). The number of benzene rings is 2. The highest BCUT2D eigenvalue weighted by molar-refractivity contribution is 6.06. The summed E-state index contributed by atoms with van der Waals surface area (Å²) in [5.74, 6) is 0.998. The number of ether oxygens (including phenoxy) is 1. The summed E-state index contributed by atoms with van der Waals surface area (Å²) >= 11 is 0. The highest BCUT2D eigenvalue weighted by atomic mass is 16.5. The maximum atomic E-state index is 13.2. The van der Waals surface area contributed by atoms with Crippen molar-refractivity contribution < 1.29 is 9.53 Å². The van der Waals surface area contributed by atoms with Gasteiger partial charge in [0.25, 0.3) is 5.91 Å². The van der Waals surface area contributed by atoms with E-state index < -0.39 is 6.04 Å². The fourth-order valence-corrected chi connectivity index (χ4v) is 3.28. The van der Waals surface area contributed by atoms with Crippen LogP contribution in [-0.4, -0.2) is 32.7 Å². The second-order valence-electron chi connectivity index (χ2n) is 6.34. The van der Waals surface area contributed by atoms with Gasteiger partial charge in [-0.25, -0.2) is 0 Å². The van der Waals surface area contributed by atoms with Crippen LogP contribution in [0.5, 0.6) is 5.75 Å². The number of amides is 1. The molecule has 1 amide bonds. The number of rotatable bonds is 5. The molecule has 1 aromatic heterocycles. The topological polar surface area (TPSA) is 94.0 Å². The van der Waals surface area contributed by atoms with E-state index >= 15 is 0 Å². The zero-order valence-corrected chi connectivity index (χ0v) is 15.6. The van der Waals surface area contributed by atoms with E-state index in [1.54, 1.807) is 4.68 Å².